The van der Waals surface area contributed by atoms with Crippen molar-refractivity contribution in [2.45, 2.75) is 58.4 Å². The van der Waals surface area contributed by atoms with Gasteiger partial charge in [-0.05, 0) is 18.1 Å². The van der Waals surface area contributed by atoms with E-state index >= 15 is 0 Å². The number of halogens is 1. The standard InChI is InChI=1S/C15H26FNO3Si/c1-11-17-12(10-19-11)9-13(16)14(7-8-18)20-21(5,6)15(2,3)4/h9-10,14,18H,7-8H2,1-6H3/t14-/m0/s1. The van der Waals surface area contributed by atoms with Crippen LogP contribution in [0.5, 0.6) is 0 Å². The molecule has 120 valence electrons. The Morgan fingerprint density at radius 2 is 2.14 bits per heavy atom. The van der Waals surface area contributed by atoms with Crippen LogP contribution in [0, 0.1) is 6.92 Å². The van der Waals surface area contributed by atoms with Crippen LogP contribution >= 0.6 is 0 Å². The third-order valence-electron chi connectivity index (χ3n) is 3.86. The number of hydrogen-bond donors (Lipinski definition) is 1. The average Bonchev–Trinajstić information content (AvgIpc) is 2.72. The van der Waals surface area contributed by atoms with E-state index in [0.29, 0.717) is 11.6 Å². The van der Waals surface area contributed by atoms with Crippen molar-refractivity contribution >= 4 is 14.4 Å². The summed E-state index contributed by atoms with van der Waals surface area (Å²) in [5.41, 5.74) is 0.423. The fourth-order valence-electron chi connectivity index (χ4n) is 1.58. The summed E-state index contributed by atoms with van der Waals surface area (Å²) in [6.45, 7) is 12.0. The van der Waals surface area contributed by atoms with E-state index in [4.69, 9.17) is 13.9 Å². The molecule has 0 amide bonds. The fourth-order valence-corrected chi connectivity index (χ4v) is 2.88. The van der Waals surface area contributed by atoms with Gasteiger partial charge in [-0.25, -0.2) is 9.37 Å². The molecular formula is C15H26FNO3Si. The number of aromatic nitrogens is 1. The Balaban J connectivity index is 2.93. The van der Waals surface area contributed by atoms with E-state index < -0.39 is 20.2 Å². The minimum atomic E-state index is -2.12. The molecule has 0 radical (unpaired) electrons. The highest BCUT2D eigenvalue weighted by Gasteiger charge is 2.39. The molecular weight excluding hydrogens is 289 g/mol. The maximum Gasteiger partial charge on any atom is 0.193 e. The van der Waals surface area contributed by atoms with Crippen molar-refractivity contribution in [3.05, 3.63) is 23.7 Å². The van der Waals surface area contributed by atoms with Gasteiger partial charge in [0.05, 0.1) is 6.10 Å². The summed E-state index contributed by atoms with van der Waals surface area (Å²) in [6, 6.07) is 0. The predicted octanol–water partition coefficient (Wildman–Crippen LogP) is 4.07. The van der Waals surface area contributed by atoms with Gasteiger partial charge in [-0.3, -0.25) is 0 Å². The SMILES string of the molecule is Cc1nc(C=C(F)[C@H](CCO)O[Si](C)(C)C(C)(C)C)co1. The highest BCUT2D eigenvalue weighted by Crippen LogP contribution is 2.38. The zero-order valence-electron chi connectivity index (χ0n) is 13.7. The smallest absolute Gasteiger partial charge is 0.193 e. The number of hydrogen-bond acceptors (Lipinski definition) is 4. The van der Waals surface area contributed by atoms with Gasteiger partial charge in [0.1, 0.15) is 17.8 Å². The first-order valence-corrected chi connectivity index (χ1v) is 10.1. The van der Waals surface area contributed by atoms with E-state index in [1.807, 2.05) is 0 Å². The summed E-state index contributed by atoms with van der Waals surface area (Å²) >= 11 is 0. The van der Waals surface area contributed by atoms with Gasteiger partial charge >= 0.3 is 0 Å². The molecule has 0 aromatic carbocycles. The van der Waals surface area contributed by atoms with Crippen molar-refractivity contribution in [1.82, 2.24) is 4.98 Å². The maximum absolute atomic E-state index is 14.4. The minimum absolute atomic E-state index is 0.0224. The van der Waals surface area contributed by atoms with E-state index in [1.165, 1.54) is 12.3 Å². The second-order valence-electron chi connectivity index (χ2n) is 6.70. The molecule has 1 N–H and O–H groups in total. The Bertz CT molecular complexity index is 491. The molecule has 0 aliphatic carbocycles. The molecule has 0 saturated heterocycles. The number of aryl methyl sites for hydroxylation is 1. The lowest BCUT2D eigenvalue weighted by atomic mass is 10.2. The number of rotatable bonds is 6. The molecule has 0 fully saturated rings. The number of aliphatic hydroxyl groups is 1. The Kier molecular flexibility index (Phi) is 5.89. The second kappa shape index (κ2) is 6.85. The van der Waals surface area contributed by atoms with Gasteiger partial charge in [0.15, 0.2) is 14.2 Å². The molecule has 1 rings (SSSR count). The average molecular weight is 315 g/mol. The highest BCUT2D eigenvalue weighted by atomic mass is 28.4. The van der Waals surface area contributed by atoms with Gasteiger partial charge in [-0.15, -0.1) is 0 Å². The van der Waals surface area contributed by atoms with Gasteiger partial charge in [-0.2, -0.15) is 0 Å². The summed E-state index contributed by atoms with van der Waals surface area (Å²) < 4.78 is 25.6. The Labute approximate surface area is 127 Å². The van der Waals surface area contributed by atoms with Gasteiger partial charge < -0.3 is 13.9 Å². The van der Waals surface area contributed by atoms with E-state index in [0.717, 1.165) is 0 Å². The quantitative estimate of drug-likeness (QED) is 0.804. The largest absolute Gasteiger partial charge is 0.449 e. The lowest BCUT2D eigenvalue weighted by molar-refractivity contribution is 0.148. The number of aliphatic hydroxyl groups excluding tert-OH is 1. The van der Waals surface area contributed by atoms with Crippen molar-refractivity contribution < 1.29 is 18.3 Å². The fraction of sp³-hybridized carbons (Fsp3) is 0.667. The van der Waals surface area contributed by atoms with Crippen LogP contribution in [0.3, 0.4) is 0 Å². The molecule has 4 nitrogen and oxygen atoms in total. The molecule has 0 spiro atoms. The van der Waals surface area contributed by atoms with Crippen molar-refractivity contribution in [2.24, 2.45) is 0 Å². The lowest BCUT2D eigenvalue weighted by Crippen LogP contribution is -2.44. The first kappa shape index (κ1) is 18.1. The minimum Gasteiger partial charge on any atom is -0.449 e. The first-order chi connectivity index (χ1) is 9.56. The third kappa shape index (κ3) is 5.05. The summed E-state index contributed by atoms with van der Waals surface area (Å²) in [6.07, 6.45) is 2.19. The topological polar surface area (TPSA) is 55.5 Å². The molecule has 6 heteroatoms. The number of oxazole rings is 1. The highest BCUT2D eigenvalue weighted by molar-refractivity contribution is 6.74. The van der Waals surface area contributed by atoms with Crippen LogP contribution in [0.2, 0.25) is 18.1 Å². The van der Waals surface area contributed by atoms with Crippen molar-refractivity contribution in [3.63, 3.8) is 0 Å². The molecule has 0 unspecified atom stereocenters. The molecule has 1 heterocycles. The monoisotopic (exact) mass is 315 g/mol. The van der Waals surface area contributed by atoms with E-state index in [2.05, 4.69) is 38.8 Å². The Morgan fingerprint density at radius 3 is 2.57 bits per heavy atom. The van der Waals surface area contributed by atoms with Crippen molar-refractivity contribution in [2.75, 3.05) is 6.61 Å². The van der Waals surface area contributed by atoms with Crippen molar-refractivity contribution in [3.8, 4) is 0 Å². The molecule has 0 saturated carbocycles. The first-order valence-electron chi connectivity index (χ1n) is 7.15. The van der Waals surface area contributed by atoms with Crippen LogP contribution < -0.4 is 0 Å². The normalized spacial score (nSPS) is 15.3. The maximum atomic E-state index is 14.4. The molecule has 0 aliphatic heterocycles. The van der Waals surface area contributed by atoms with E-state index in [-0.39, 0.29) is 18.1 Å². The molecule has 0 aliphatic rings. The van der Waals surface area contributed by atoms with Gasteiger partial charge in [0.25, 0.3) is 0 Å². The summed E-state index contributed by atoms with van der Waals surface area (Å²) in [5, 5.41) is 9.14. The van der Waals surface area contributed by atoms with Gasteiger partial charge in [-0.1, -0.05) is 20.8 Å². The third-order valence-corrected chi connectivity index (χ3v) is 8.35. The van der Waals surface area contributed by atoms with E-state index in [9.17, 15) is 4.39 Å². The van der Waals surface area contributed by atoms with Gasteiger partial charge in [0, 0.05) is 26.0 Å². The predicted molar refractivity (Wildman–Crippen MR) is 84.1 cm³/mol. The lowest BCUT2D eigenvalue weighted by Gasteiger charge is -2.38. The molecule has 0 bridgehead atoms. The number of nitrogens with zero attached hydrogens (tertiary/aromatic N) is 1. The summed E-state index contributed by atoms with van der Waals surface area (Å²) in [7, 11) is -2.12. The summed E-state index contributed by atoms with van der Waals surface area (Å²) in [5.74, 6) is 0.0558. The van der Waals surface area contributed by atoms with Crippen LogP contribution in [0.4, 0.5) is 4.39 Å². The molecule has 1 aromatic rings. The van der Waals surface area contributed by atoms with Gasteiger partial charge in [0.2, 0.25) is 0 Å². The van der Waals surface area contributed by atoms with Crippen LogP contribution in [0.15, 0.2) is 16.5 Å². The van der Waals surface area contributed by atoms with Crippen LogP contribution in [0.1, 0.15) is 38.8 Å². The van der Waals surface area contributed by atoms with Crippen LogP contribution in [-0.4, -0.2) is 31.1 Å². The van der Waals surface area contributed by atoms with Crippen LogP contribution in [-0.2, 0) is 4.43 Å². The zero-order chi connectivity index (χ0) is 16.3. The Hall–Kier alpha value is -0.983. The second-order valence-corrected chi connectivity index (χ2v) is 11.5. The molecule has 1 atom stereocenters. The molecule has 21 heavy (non-hydrogen) atoms. The van der Waals surface area contributed by atoms with Crippen LogP contribution in [0.25, 0.3) is 6.08 Å². The van der Waals surface area contributed by atoms with Crippen molar-refractivity contribution in [1.29, 1.82) is 0 Å². The zero-order valence-corrected chi connectivity index (χ0v) is 14.7. The summed E-state index contributed by atoms with van der Waals surface area (Å²) in [4.78, 5) is 4.05. The Morgan fingerprint density at radius 1 is 1.52 bits per heavy atom. The van der Waals surface area contributed by atoms with E-state index in [1.54, 1.807) is 6.92 Å². The molecule has 1 aromatic heterocycles.